The quantitative estimate of drug-likeness (QED) is 0.594. The molecule has 0 aliphatic carbocycles. The maximum Gasteiger partial charge on any atom is 0.332 e. The van der Waals surface area contributed by atoms with Gasteiger partial charge in [0.25, 0.3) is 0 Å². The van der Waals surface area contributed by atoms with Crippen molar-refractivity contribution in [1.82, 2.24) is 0 Å². The van der Waals surface area contributed by atoms with E-state index < -0.39 is 24.3 Å². The number of benzene rings is 2. The molecule has 1 aromatic heterocycles. The van der Waals surface area contributed by atoms with Crippen LogP contribution in [-0.2, 0) is 16.0 Å². The minimum absolute atomic E-state index is 0.117. The van der Waals surface area contributed by atoms with Gasteiger partial charge < -0.3 is 14.9 Å². The second kappa shape index (κ2) is 8.68. The number of rotatable bonds is 5. The highest BCUT2D eigenvalue weighted by molar-refractivity contribution is 7.15. The van der Waals surface area contributed by atoms with Crippen LogP contribution < -0.4 is 0 Å². The molecule has 2 aromatic carbocycles. The van der Waals surface area contributed by atoms with E-state index >= 15 is 0 Å². The van der Waals surface area contributed by atoms with Crippen molar-refractivity contribution in [3.63, 3.8) is 0 Å². The Balaban J connectivity index is 1.54. The molecule has 156 valence electrons. The number of ether oxygens (including phenoxy) is 1. The van der Waals surface area contributed by atoms with E-state index in [0.29, 0.717) is 6.42 Å². The molecule has 0 saturated carbocycles. The normalized spacial score (nSPS) is 21.5. The second-order valence-electron chi connectivity index (χ2n) is 7.71. The third-order valence-corrected chi connectivity index (χ3v) is 6.61. The number of aliphatic hydroxyl groups excluding tert-OH is 1. The van der Waals surface area contributed by atoms with Gasteiger partial charge in [-0.25, -0.2) is 9.18 Å². The highest BCUT2D eigenvalue weighted by atomic mass is 32.1. The van der Waals surface area contributed by atoms with E-state index in [1.807, 2.05) is 31.2 Å². The molecule has 1 aliphatic heterocycles. The lowest BCUT2D eigenvalue weighted by Crippen LogP contribution is -2.36. The van der Waals surface area contributed by atoms with Crippen LogP contribution in [0.5, 0.6) is 0 Å². The Bertz CT molecular complexity index is 1040. The van der Waals surface area contributed by atoms with E-state index in [0.717, 1.165) is 33.6 Å². The largest absolute Gasteiger partial charge is 0.479 e. The second-order valence-corrected chi connectivity index (χ2v) is 8.88. The van der Waals surface area contributed by atoms with Crippen molar-refractivity contribution in [2.75, 3.05) is 0 Å². The summed E-state index contributed by atoms with van der Waals surface area (Å²) in [5, 5.41) is 19.4. The zero-order valence-corrected chi connectivity index (χ0v) is 17.4. The number of carboxylic acids is 1. The molecular weight excluding hydrogens is 403 g/mol. The Hall–Kier alpha value is -2.54. The van der Waals surface area contributed by atoms with Gasteiger partial charge in [0.15, 0.2) is 6.10 Å². The van der Waals surface area contributed by atoms with Gasteiger partial charge in [-0.3, -0.25) is 0 Å². The van der Waals surface area contributed by atoms with Gasteiger partial charge in [0.2, 0.25) is 0 Å². The smallest absolute Gasteiger partial charge is 0.332 e. The van der Waals surface area contributed by atoms with Gasteiger partial charge in [-0.05, 0) is 53.4 Å². The van der Waals surface area contributed by atoms with Crippen molar-refractivity contribution < 1.29 is 24.1 Å². The first-order chi connectivity index (χ1) is 14.4. The van der Waals surface area contributed by atoms with Crippen molar-refractivity contribution in [2.45, 2.75) is 44.5 Å². The predicted molar refractivity (Wildman–Crippen MR) is 114 cm³/mol. The van der Waals surface area contributed by atoms with Crippen LogP contribution in [0.3, 0.4) is 0 Å². The minimum Gasteiger partial charge on any atom is -0.479 e. The highest BCUT2D eigenvalue weighted by Crippen LogP contribution is 2.34. The fourth-order valence-corrected chi connectivity index (χ4v) is 4.82. The number of thiophene rings is 1. The van der Waals surface area contributed by atoms with Crippen molar-refractivity contribution in [1.29, 1.82) is 0 Å². The molecule has 2 heterocycles. The third kappa shape index (κ3) is 4.61. The van der Waals surface area contributed by atoms with Crippen LogP contribution in [0, 0.1) is 12.7 Å². The van der Waals surface area contributed by atoms with Crippen molar-refractivity contribution >= 4 is 17.3 Å². The van der Waals surface area contributed by atoms with Crippen LogP contribution in [-0.4, -0.2) is 28.4 Å². The van der Waals surface area contributed by atoms with Crippen LogP contribution in [0.25, 0.3) is 10.4 Å². The van der Waals surface area contributed by atoms with E-state index in [9.17, 15) is 19.4 Å². The van der Waals surface area contributed by atoms with Gasteiger partial charge in [-0.15, -0.1) is 11.3 Å². The predicted octanol–water partition coefficient (Wildman–Crippen LogP) is 5.12. The van der Waals surface area contributed by atoms with Gasteiger partial charge >= 0.3 is 5.97 Å². The molecule has 2 N–H and O–H groups in total. The molecule has 0 radical (unpaired) electrons. The Labute approximate surface area is 178 Å². The number of hydrogen-bond donors (Lipinski definition) is 2. The zero-order valence-electron chi connectivity index (χ0n) is 16.5. The number of carboxylic acid groups (broad SMARTS) is 1. The summed E-state index contributed by atoms with van der Waals surface area (Å²) in [6, 6.07) is 16.6. The van der Waals surface area contributed by atoms with Crippen molar-refractivity contribution in [2.24, 2.45) is 0 Å². The van der Waals surface area contributed by atoms with Gasteiger partial charge in [0.1, 0.15) is 5.82 Å². The molecule has 0 bridgehead atoms. The summed E-state index contributed by atoms with van der Waals surface area (Å²) < 4.78 is 18.9. The molecule has 30 heavy (non-hydrogen) atoms. The summed E-state index contributed by atoms with van der Waals surface area (Å²) in [5.74, 6) is -1.29. The van der Waals surface area contributed by atoms with E-state index in [1.54, 1.807) is 23.5 Å². The monoisotopic (exact) mass is 426 g/mol. The highest BCUT2D eigenvalue weighted by Gasteiger charge is 2.33. The Morgan fingerprint density at radius 3 is 2.63 bits per heavy atom. The third-order valence-electron chi connectivity index (χ3n) is 5.48. The standard InChI is InChI=1S/C24H23FO4S/c1-14-2-3-16(21-12-19(26)13-22(29-21)24(27)28)10-17(14)11-20-8-9-23(30-20)15-4-6-18(25)7-5-15/h2-10,19,21-22,26H,11-13H2,1H3,(H,27,28). The molecule has 4 nitrogen and oxygen atoms in total. The molecule has 0 spiro atoms. The van der Waals surface area contributed by atoms with Crippen LogP contribution in [0.2, 0.25) is 0 Å². The average molecular weight is 427 g/mol. The fourth-order valence-electron chi connectivity index (χ4n) is 3.79. The zero-order chi connectivity index (χ0) is 21.3. The number of aryl methyl sites for hydroxylation is 1. The van der Waals surface area contributed by atoms with Gasteiger partial charge in [0, 0.05) is 29.0 Å². The Morgan fingerprint density at radius 1 is 1.13 bits per heavy atom. The molecule has 3 aromatic rings. The van der Waals surface area contributed by atoms with Crippen LogP contribution in [0.4, 0.5) is 4.39 Å². The average Bonchev–Trinajstić information content (AvgIpc) is 3.18. The number of aliphatic carboxylic acids is 1. The van der Waals surface area contributed by atoms with Crippen LogP contribution in [0.15, 0.2) is 54.6 Å². The first-order valence-corrected chi connectivity index (χ1v) is 10.7. The summed E-state index contributed by atoms with van der Waals surface area (Å²) in [4.78, 5) is 13.6. The minimum atomic E-state index is -1.04. The molecule has 1 fully saturated rings. The molecule has 3 unspecified atom stereocenters. The summed E-state index contributed by atoms with van der Waals surface area (Å²) in [6.07, 6.45) is -0.869. The van der Waals surface area contributed by atoms with Crippen molar-refractivity contribution in [3.8, 4) is 10.4 Å². The molecule has 0 amide bonds. The topological polar surface area (TPSA) is 66.8 Å². The maximum absolute atomic E-state index is 13.2. The maximum atomic E-state index is 13.2. The van der Waals surface area contributed by atoms with Crippen LogP contribution >= 0.6 is 11.3 Å². The summed E-state index contributed by atoms with van der Waals surface area (Å²) in [7, 11) is 0. The number of halogens is 1. The molecule has 3 atom stereocenters. The lowest BCUT2D eigenvalue weighted by Gasteiger charge is -2.31. The number of carbonyl (C=O) groups is 1. The lowest BCUT2D eigenvalue weighted by molar-refractivity contribution is -0.166. The van der Waals surface area contributed by atoms with Gasteiger partial charge in [0.05, 0.1) is 12.2 Å². The Kier molecular flexibility index (Phi) is 5.99. The lowest BCUT2D eigenvalue weighted by atomic mass is 9.93. The SMILES string of the molecule is Cc1ccc(C2CC(O)CC(C(=O)O)O2)cc1Cc1ccc(-c2ccc(F)cc2)s1. The first kappa shape index (κ1) is 20.7. The van der Waals surface area contributed by atoms with E-state index in [1.165, 1.54) is 17.0 Å². The van der Waals surface area contributed by atoms with Gasteiger partial charge in [-0.1, -0.05) is 30.3 Å². The summed E-state index contributed by atoms with van der Waals surface area (Å²) in [5.41, 5.74) is 4.15. The van der Waals surface area contributed by atoms with E-state index in [4.69, 9.17) is 4.74 Å². The summed E-state index contributed by atoms with van der Waals surface area (Å²) >= 11 is 1.67. The van der Waals surface area contributed by atoms with Crippen LogP contribution in [0.1, 0.15) is 40.5 Å². The first-order valence-electron chi connectivity index (χ1n) is 9.89. The van der Waals surface area contributed by atoms with E-state index in [-0.39, 0.29) is 12.2 Å². The number of aliphatic hydroxyl groups is 1. The molecule has 1 saturated heterocycles. The number of hydrogen-bond acceptors (Lipinski definition) is 4. The molecule has 6 heteroatoms. The fraction of sp³-hybridized carbons (Fsp3) is 0.292. The molecular formula is C24H23FO4S. The Morgan fingerprint density at radius 2 is 1.90 bits per heavy atom. The van der Waals surface area contributed by atoms with Crippen molar-refractivity contribution in [3.05, 3.63) is 82.0 Å². The molecule has 4 rings (SSSR count). The summed E-state index contributed by atoms with van der Waals surface area (Å²) in [6.45, 7) is 2.05. The molecule has 1 aliphatic rings. The van der Waals surface area contributed by atoms with Gasteiger partial charge in [-0.2, -0.15) is 0 Å². The van der Waals surface area contributed by atoms with E-state index in [2.05, 4.69) is 6.07 Å².